The fraction of sp³-hybridized carbons (Fsp3) is 0.733. The molecule has 1 aromatic rings. The number of aliphatic imine (C=N–C) groups is 2. The molecule has 0 saturated carbocycles. The van der Waals surface area contributed by atoms with Crippen molar-refractivity contribution < 1.29 is 26.6 Å². The summed E-state index contributed by atoms with van der Waals surface area (Å²) in [6.07, 6.45) is 3.51. The summed E-state index contributed by atoms with van der Waals surface area (Å²) < 4.78 is 35.9. The van der Waals surface area contributed by atoms with Crippen molar-refractivity contribution in [3.8, 4) is 0 Å². The molecule has 0 spiro atoms. The summed E-state index contributed by atoms with van der Waals surface area (Å²) >= 11 is 0. The van der Waals surface area contributed by atoms with Crippen LogP contribution < -0.4 is 0 Å². The highest BCUT2D eigenvalue weighted by Crippen LogP contribution is 2.20. The molecule has 0 saturated heterocycles. The van der Waals surface area contributed by atoms with Gasteiger partial charge in [0.25, 0.3) is 0 Å². The summed E-state index contributed by atoms with van der Waals surface area (Å²) in [7, 11) is -5.24. The SMILES string of the molecule is CCO[Si](CCCN=C(CC)c1ccc(C(CC)=NCCC[Si](OCC)(OCC)OCC)cc1)(OCC)OCC. The van der Waals surface area contributed by atoms with E-state index in [2.05, 4.69) is 38.1 Å². The maximum Gasteiger partial charge on any atom is 0.500 e. The minimum absolute atomic E-state index is 0.599. The van der Waals surface area contributed by atoms with Gasteiger partial charge in [-0.2, -0.15) is 0 Å². The third-order valence-corrected chi connectivity index (χ3v) is 12.6. The summed E-state index contributed by atoms with van der Waals surface area (Å²) in [5.41, 5.74) is 4.54. The highest BCUT2D eigenvalue weighted by atomic mass is 28.4. The molecule has 0 aliphatic carbocycles. The second kappa shape index (κ2) is 21.5. The van der Waals surface area contributed by atoms with Gasteiger partial charge in [-0.25, -0.2) is 0 Å². The molecule has 0 radical (unpaired) electrons. The van der Waals surface area contributed by atoms with Gasteiger partial charge in [-0.3, -0.25) is 9.98 Å². The summed E-state index contributed by atoms with van der Waals surface area (Å²) in [6.45, 7) is 21.3. The van der Waals surface area contributed by atoms with Crippen LogP contribution in [0.2, 0.25) is 12.1 Å². The molecule has 0 aromatic heterocycles. The van der Waals surface area contributed by atoms with E-state index in [1.165, 1.54) is 0 Å². The predicted molar refractivity (Wildman–Crippen MR) is 170 cm³/mol. The molecule has 0 atom stereocenters. The van der Waals surface area contributed by atoms with Crippen LogP contribution in [0, 0.1) is 0 Å². The minimum atomic E-state index is -2.62. The minimum Gasteiger partial charge on any atom is -0.374 e. The Morgan fingerprint density at radius 1 is 0.500 bits per heavy atom. The zero-order chi connectivity index (χ0) is 29.7. The van der Waals surface area contributed by atoms with Crippen LogP contribution in [-0.4, -0.2) is 81.8 Å². The fourth-order valence-corrected chi connectivity index (χ4v) is 9.88. The number of nitrogens with zero attached hydrogens (tertiary/aromatic N) is 2. The van der Waals surface area contributed by atoms with Crippen LogP contribution in [0.25, 0.3) is 0 Å². The molecule has 0 heterocycles. The van der Waals surface area contributed by atoms with Crippen LogP contribution in [0.4, 0.5) is 0 Å². The number of rotatable bonds is 24. The Morgan fingerprint density at radius 2 is 0.775 bits per heavy atom. The van der Waals surface area contributed by atoms with Gasteiger partial charge in [0, 0.05) is 76.2 Å². The number of hydrogen-bond donors (Lipinski definition) is 0. The van der Waals surface area contributed by atoms with Gasteiger partial charge in [0.1, 0.15) is 0 Å². The molecule has 0 aliphatic rings. The quantitative estimate of drug-likeness (QED) is 0.0729. The Morgan fingerprint density at radius 3 is 1.00 bits per heavy atom. The third kappa shape index (κ3) is 12.7. The smallest absolute Gasteiger partial charge is 0.374 e. The van der Waals surface area contributed by atoms with Crippen LogP contribution in [0.1, 0.15) is 92.2 Å². The van der Waals surface area contributed by atoms with E-state index in [0.29, 0.717) is 39.6 Å². The highest BCUT2D eigenvalue weighted by molar-refractivity contribution is 6.61. The van der Waals surface area contributed by atoms with Crippen LogP contribution in [-0.2, 0) is 26.6 Å². The Balaban J connectivity index is 2.83. The van der Waals surface area contributed by atoms with Crippen molar-refractivity contribution in [2.75, 3.05) is 52.7 Å². The average molecular weight is 597 g/mol. The molecule has 0 unspecified atom stereocenters. The van der Waals surface area contributed by atoms with Crippen LogP contribution in [0.5, 0.6) is 0 Å². The first kappa shape index (κ1) is 36.8. The Hall–Kier alpha value is -1.25. The van der Waals surface area contributed by atoms with Gasteiger partial charge in [0.15, 0.2) is 0 Å². The highest BCUT2D eigenvalue weighted by Gasteiger charge is 2.40. The van der Waals surface area contributed by atoms with Gasteiger partial charge in [-0.05, 0) is 78.4 Å². The van der Waals surface area contributed by atoms with Gasteiger partial charge < -0.3 is 26.6 Å². The van der Waals surface area contributed by atoms with Gasteiger partial charge >= 0.3 is 17.6 Å². The van der Waals surface area contributed by atoms with Crippen molar-refractivity contribution in [3.05, 3.63) is 35.4 Å². The first-order chi connectivity index (χ1) is 19.4. The Labute approximate surface area is 246 Å². The van der Waals surface area contributed by atoms with E-state index in [1.807, 2.05) is 41.5 Å². The van der Waals surface area contributed by atoms with Gasteiger partial charge in [-0.1, -0.05) is 38.1 Å². The summed E-state index contributed by atoms with van der Waals surface area (Å²) in [6, 6.07) is 10.2. The average Bonchev–Trinajstić information content (AvgIpc) is 2.94. The first-order valence-electron chi connectivity index (χ1n) is 15.4. The molecule has 0 amide bonds. The lowest BCUT2D eigenvalue weighted by Crippen LogP contribution is -2.46. The van der Waals surface area contributed by atoms with Crippen molar-refractivity contribution in [1.29, 1.82) is 0 Å². The summed E-state index contributed by atoms with van der Waals surface area (Å²) in [4.78, 5) is 9.86. The third-order valence-electron chi connectivity index (χ3n) is 6.29. The van der Waals surface area contributed by atoms with Gasteiger partial charge in [0.05, 0.1) is 0 Å². The maximum absolute atomic E-state index is 5.98. The first-order valence-corrected chi connectivity index (χ1v) is 19.3. The topological polar surface area (TPSA) is 80.1 Å². The predicted octanol–water partition coefficient (Wildman–Crippen LogP) is 6.96. The van der Waals surface area contributed by atoms with Crippen molar-refractivity contribution in [3.63, 3.8) is 0 Å². The maximum atomic E-state index is 5.98. The van der Waals surface area contributed by atoms with Crippen molar-refractivity contribution in [2.45, 2.75) is 93.2 Å². The molecule has 10 heteroatoms. The zero-order valence-corrected chi connectivity index (χ0v) is 28.6. The second-order valence-corrected chi connectivity index (χ2v) is 14.6. The lowest BCUT2D eigenvalue weighted by atomic mass is 10.0. The van der Waals surface area contributed by atoms with Crippen LogP contribution in [0.3, 0.4) is 0 Å². The van der Waals surface area contributed by atoms with E-state index in [4.69, 9.17) is 36.5 Å². The number of hydrogen-bond acceptors (Lipinski definition) is 8. The van der Waals surface area contributed by atoms with E-state index in [1.54, 1.807) is 0 Å². The van der Waals surface area contributed by atoms with Crippen LogP contribution >= 0.6 is 0 Å². The van der Waals surface area contributed by atoms with E-state index in [0.717, 1.165) is 73.4 Å². The summed E-state index contributed by atoms with van der Waals surface area (Å²) in [5, 5.41) is 0. The molecule has 8 nitrogen and oxygen atoms in total. The molecular formula is C30H56N2O6Si2. The van der Waals surface area contributed by atoms with Gasteiger partial charge in [0.2, 0.25) is 0 Å². The fourth-order valence-electron chi connectivity index (χ4n) is 4.69. The molecule has 0 aliphatic heterocycles. The van der Waals surface area contributed by atoms with Crippen molar-refractivity contribution in [1.82, 2.24) is 0 Å². The van der Waals surface area contributed by atoms with E-state index >= 15 is 0 Å². The zero-order valence-electron chi connectivity index (χ0n) is 26.6. The molecule has 230 valence electrons. The van der Waals surface area contributed by atoms with Crippen LogP contribution in [0.15, 0.2) is 34.3 Å². The van der Waals surface area contributed by atoms with Gasteiger partial charge in [-0.15, -0.1) is 0 Å². The normalized spacial score (nSPS) is 13.3. The molecule has 40 heavy (non-hydrogen) atoms. The van der Waals surface area contributed by atoms with E-state index < -0.39 is 17.6 Å². The van der Waals surface area contributed by atoms with E-state index in [-0.39, 0.29) is 0 Å². The Bertz CT molecular complexity index is 748. The lowest BCUT2D eigenvalue weighted by molar-refractivity contribution is 0.0702. The largest absolute Gasteiger partial charge is 0.500 e. The summed E-state index contributed by atoms with van der Waals surface area (Å²) in [5.74, 6) is 0. The van der Waals surface area contributed by atoms with Crippen molar-refractivity contribution in [2.24, 2.45) is 9.98 Å². The molecule has 0 N–H and O–H groups in total. The van der Waals surface area contributed by atoms with Crippen molar-refractivity contribution >= 4 is 29.0 Å². The molecule has 1 rings (SSSR count). The monoisotopic (exact) mass is 596 g/mol. The molecule has 1 aromatic carbocycles. The van der Waals surface area contributed by atoms with E-state index in [9.17, 15) is 0 Å². The molecule has 0 bridgehead atoms. The Kier molecular flexibility index (Phi) is 19.7. The molecule has 0 fully saturated rings. The lowest BCUT2D eigenvalue weighted by Gasteiger charge is -2.28. The second-order valence-electron chi connectivity index (χ2n) is 9.11. The number of benzene rings is 1. The standard InChI is InChI=1S/C30H56N2O6Si2/c1-9-29(31-23-17-25-39(33-11-3,34-12-4)35-13-5)27-19-21-28(22-20-27)30(10-2)32-24-18-26-40(36-14-6,37-15-7)38-16-8/h19-22H,9-18,23-26H2,1-8H3. The molecular weight excluding hydrogens is 541 g/mol.